The monoisotopic (exact) mass is 451 g/mol. The first kappa shape index (κ1) is 24.4. The molecule has 0 aliphatic heterocycles. The predicted molar refractivity (Wildman–Crippen MR) is 117 cm³/mol. The van der Waals surface area contributed by atoms with Gasteiger partial charge in [-0.1, -0.05) is 13.8 Å². The topological polar surface area (TPSA) is 107 Å². The van der Waals surface area contributed by atoms with Gasteiger partial charge in [0.2, 0.25) is 10.0 Å². The molecule has 0 fully saturated rings. The molecule has 0 radical (unpaired) electrons. The van der Waals surface area contributed by atoms with Crippen LogP contribution in [0.5, 0.6) is 5.75 Å². The van der Waals surface area contributed by atoms with Gasteiger partial charge in [-0.25, -0.2) is 13.2 Å². The van der Waals surface area contributed by atoms with Crippen LogP contribution in [-0.2, 0) is 26.6 Å². The van der Waals surface area contributed by atoms with E-state index in [1.807, 2.05) is 6.92 Å². The number of esters is 1. The molecule has 1 aromatic heterocycles. The molecule has 1 atom stereocenters. The average molecular weight is 452 g/mol. The largest absolute Gasteiger partial charge is 0.494 e. The number of benzene rings is 1. The third-order valence-corrected chi connectivity index (χ3v) is 6.63. The second-order valence-electron chi connectivity index (χ2n) is 6.76. The summed E-state index contributed by atoms with van der Waals surface area (Å²) in [6, 6.07) is 8.06. The number of amides is 1. The number of ether oxygens (including phenoxy) is 2. The highest BCUT2D eigenvalue weighted by molar-refractivity contribution is 7.89. The van der Waals surface area contributed by atoms with Gasteiger partial charge < -0.3 is 19.4 Å². The fourth-order valence-corrected chi connectivity index (χ4v) is 4.44. The average Bonchev–Trinajstić information content (AvgIpc) is 3.13. The van der Waals surface area contributed by atoms with E-state index in [9.17, 15) is 18.0 Å². The zero-order valence-corrected chi connectivity index (χ0v) is 19.2. The molecule has 2 aromatic rings. The van der Waals surface area contributed by atoms with Crippen molar-refractivity contribution in [3.8, 4) is 5.75 Å². The van der Waals surface area contributed by atoms with Crippen LogP contribution in [0.2, 0.25) is 0 Å². The quantitative estimate of drug-likeness (QED) is 0.557. The Hall–Kier alpha value is -2.85. The Kier molecular flexibility index (Phi) is 8.23. The first-order valence-electron chi connectivity index (χ1n) is 10.0. The molecule has 1 unspecified atom stereocenters. The lowest BCUT2D eigenvalue weighted by atomic mass is 10.3. The molecule has 2 rings (SSSR count). The predicted octanol–water partition coefficient (Wildman–Crippen LogP) is 2.64. The molecule has 0 aliphatic carbocycles. The van der Waals surface area contributed by atoms with Crippen LogP contribution in [0.4, 0.5) is 5.69 Å². The highest BCUT2D eigenvalue weighted by Crippen LogP contribution is 2.20. The minimum Gasteiger partial charge on any atom is -0.494 e. The lowest BCUT2D eigenvalue weighted by Crippen LogP contribution is -2.30. The Morgan fingerprint density at radius 3 is 2.29 bits per heavy atom. The van der Waals surface area contributed by atoms with Crippen molar-refractivity contribution in [2.45, 2.75) is 38.7 Å². The number of hydrogen-bond donors (Lipinski definition) is 1. The van der Waals surface area contributed by atoms with E-state index in [0.29, 0.717) is 31.1 Å². The Labute approximate surface area is 183 Å². The Bertz CT molecular complexity index is 1010. The highest BCUT2D eigenvalue weighted by Gasteiger charge is 2.27. The number of carbonyl (C=O) groups excluding carboxylic acids is 2. The standard InChI is InChI=1S/C21H29N3O6S/c1-6-24(7-2)31(27,28)18-13-19(23(5)14-18)21(26)30-15(4)20(25)22-16-9-11-17(12-10-16)29-8-3/h9-15H,6-8H2,1-5H3,(H,22,25). The number of anilines is 1. The molecule has 0 saturated heterocycles. The number of nitrogens with one attached hydrogen (secondary N) is 1. The van der Waals surface area contributed by atoms with Crippen LogP contribution < -0.4 is 10.1 Å². The Balaban J connectivity index is 2.07. The first-order chi connectivity index (χ1) is 14.6. The molecule has 1 N–H and O–H groups in total. The molecule has 1 heterocycles. The maximum Gasteiger partial charge on any atom is 0.355 e. The maximum absolute atomic E-state index is 12.7. The highest BCUT2D eigenvalue weighted by atomic mass is 32.2. The van der Waals surface area contributed by atoms with Crippen molar-refractivity contribution in [3.05, 3.63) is 42.2 Å². The normalized spacial score (nSPS) is 12.5. The van der Waals surface area contributed by atoms with Crippen molar-refractivity contribution in [1.29, 1.82) is 0 Å². The molecular weight excluding hydrogens is 422 g/mol. The summed E-state index contributed by atoms with van der Waals surface area (Å²) in [7, 11) is -2.17. The van der Waals surface area contributed by atoms with Crippen molar-refractivity contribution in [2.75, 3.05) is 25.0 Å². The van der Waals surface area contributed by atoms with Crippen LogP contribution in [0.15, 0.2) is 41.4 Å². The van der Waals surface area contributed by atoms with Crippen molar-refractivity contribution < 1.29 is 27.5 Å². The second-order valence-corrected chi connectivity index (χ2v) is 8.69. The molecule has 1 aromatic carbocycles. The molecule has 10 heteroatoms. The summed E-state index contributed by atoms with van der Waals surface area (Å²) in [5.41, 5.74) is 0.564. The molecule has 1 amide bonds. The van der Waals surface area contributed by atoms with E-state index >= 15 is 0 Å². The third-order valence-electron chi connectivity index (χ3n) is 4.62. The number of carbonyl (C=O) groups is 2. The summed E-state index contributed by atoms with van der Waals surface area (Å²) in [5.74, 6) is -0.625. The fraction of sp³-hybridized carbons (Fsp3) is 0.429. The van der Waals surface area contributed by atoms with E-state index in [4.69, 9.17) is 9.47 Å². The summed E-state index contributed by atoms with van der Waals surface area (Å²) in [6.45, 7) is 7.97. The Morgan fingerprint density at radius 2 is 1.74 bits per heavy atom. The zero-order valence-electron chi connectivity index (χ0n) is 18.4. The van der Waals surface area contributed by atoms with E-state index < -0.39 is 28.0 Å². The smallest absolute Gasteiger partial charge is 0.355 e. The molecule has 9 nitrogen and oxygen atoms in total. The number of nitrogens with zero attached hydrogens (tertiary/aromatic N) is 2. The van der Waals surface area contributed by atoms with Gasteiger partial charge in [0.25, 0.3) is 5.91 Å². The van der Waals surface area contributed by atoms with Crippen molar-refractivity contribution in [3.63, 3.8) is 0 Å². The maximum atomic E-state index is 12.7. The lowest BCUT2D eigenvalue weighted by Gasteiger charge is -2.17. The number of aromatic nitrogens is 1. The van der Waals surface area contributed by atoms with Gasteiger partial charge in [-0.2, -0.15) is 4.31 Å². The zero-order chi connectivity index (χ0) is 23.2. The number of rotatable bonds is 10. The molecule has 0 spiro atoms. The fourth-order valence-electron chi connectivity index (χ4n) is 2.91. The van der Waals surface area contributed by atoms with Gasteiger partial charge in [0, 0.05) is 32.0 Å². The van der Waals surface area contributed by atoms with Gasteiger partial charge in [0.1, 0.15) is 16.3 Å². The minimum atomic E-state index is -3.71. The first-order valence-corrected chi connectivity index (χ1v) is 11.5. The molecule has 31 heavy (non-hydrogen) atoms. The lowest BCUT2D eigenvalue weighted by molar-refractivity contribution is -0.123. The molecule has 0 bridgehead atoms. The van der Waals surface area contributed by atoms with E-state index in [2.05, 4.69) is 5.32 Å². The van der Waals surface area contributed by atoms with Crippen molar-refractivity contribution in [2.24, 2.45) is 7.05 Å². The van der Waals surface area contributed by atoms with Crippen LogP contribution in [0.25, 0.3) is 0 Å². The van der Waals surface area contributed by atoms with Crippen LogP contribution in [-0.4, -0.2) is 55.0 Å². The van der Waals surface area contributed by atoms with Gasteiger partial charge in [-0.3, -0.25) is 4.79 Å². The summed E-state index contributed by atoms with van der Waals surface area (Å²) in [6.07, 6.45) is 0.270. The molecular formula is C21H29N3O6S. The number of hydrogen-bond acceptors (Lipinski definition) is 6. The van der Waals surface area contributed by atoms with E-state index in [0.717, 1.165) is 0 Å². The SMILES string of the molecule is CCOc1ccc(NC(=O)C(C)OC(=O)c2cc(S(=O)(=O)N(CC)CC)cn2C)cc1. The molecule has 0 aliphatic rings. The van der Waals surface area contributed by atoms with Crippen LogP contribution in [0, 0.1) is 0 Å². The second kappa shape index (κ2) is 10.5. The summed E-state index contributed by atoms with van der Waals surface area (Å²) in [4.78, 5) is 24.9. The number of sulfonamides is 1. The van der Waals surface area contributed by atoms with E-state index in [1.165, 1.54) is 28.1 Å². The van der Waals surface area contributed by atoms with Crippen molar-refractivity contribution >= 4 is 27.6 Å². The Morgan fingerprint density at radius 1 is 1.13 bits per heavy atom. The van der Waals surface area contributed by atoms with E-state index in [-0.39, 0.29) is 10.6 Å². The number of aryl methyl sites for hydroxylation is 1. The molecule has 0 saturated carbocycles. The molecule has 170 valence electrons. The van der Waals surface area contributed by atoms with Gasteiger partial charge in [-0.15, -0.1) is 0 Å². The van der Waals surface area contributed by atoms with Crippen LogP contribution in [0.3, 0.4) is 0 Å². The van der Waals surface area contributed by atoms with E-state index in [1.54, 1.807) is 45.2 Å². The van der Waals surface area contributed by atoms with Crippen LogP contribution in [0.1, 0.15) is 38.2 Å². The van der Waals surface area contributed by atoms with Gasteiger partial charge in [0.05, 0.1) is 6.61 Å². The van der Waals surface area contributed by atoms with Gasteiger partial charge in [0.15, 0.2) is 6.10 Å². The third kappa shape index (κ3) is 5.86. The summed E-state index contributed by atoms with van der Waals surface area (Å²) in [5, 5.41) is 2.66. The van der Waals surface area contributed by atoms with Gasteiger partial charge in [-0.05, 0) is 44.2 Å². The van der Waals surface area contributed by atoms with Crippen molar-refractivity contribution in [1.82, 2.24) is 8.87 Å². The minimum absolute atomic E-state index is 0.00265. The van der Waals surface area contributed by atoms with Crippen LogP contribution >= 0.6 is 0 Å². The summed E-state index contributed by atoms with van der Waals surface area (Å²) >= 11 is 0. The summed E-state index contributed by atoms with van der Waals surface area (Å²) < 4.78 is 38.6. The van der Waals surface area contributed by atoms with Gasteiger partial charge >= 0.3 is 5.97 Å².